The van der Waals surface area contributed by atoms with Crippen molar-refractivity contribution >= 4 is 46.0 Å². The van der Waals surface area contributed by atoms with Crippen LogP contribution in [0.3, 0.4) is 0 Å². The zero-order valence-electron chi connectivity index (χ0n) is 13.9. The molecule has 1 amide bonds. The lowest BCUT2D eigenvalue weighted by atomic mass is 10.2. The Kier molecular flexibility index (Phi) is 5.55. The predicted octanol–water partition coefficient (Wildman–Crippen LogP) is 2.24. The van der Waals surface area contributed by atoms with E-state index in [9.17, 15) is 4.79 Å². The zero-order valence-corrected chi connectivity index (χ0v) is 15.5. The van der Waals surface area contributed by atoms with Gasteiger partial charge in [0.1, 0.15) is 4.32 Å². The first-order valence-corrected chi connectivity index (χ1v) is 9.10. The number of thioether (sulfide) groups is 1. The van der Waals surface area contributed by atoms with Gasteiger partial charge in [0.05, 0.1) is 24.8 Å². The third-order valence-corrected chi connectivity index (χ3v) is 5.40. The van der Waals surface area contributed by atoms with Crippen molar-refractivity contribution in [2.45, 2.75) is 0 Å². The van der Waals surface area contributed by atoms with Crippen molar-refractivity contribution in [3.05, 3.63) is 34.7 Å². The number of ether oxygens (including phenoxy) is 1. The number of anilines is 1. The molecule has 128 valence electrons. The Hall–Kier alpha value is -1.41. The molecule has 0 aromatic heterocycles. The molecule has 2 aliphatic rings. The highest BCUT2D eigenvalue weighted by atomic mass is 32.2. The number of morpholine rings is 1. The molecule has 1 aromatic carbocycles. The Morgan fingerprint density at radius 2 is 1.92 bits per heavy atom. The first-order valence-electron chi connectivity index (χ1n) is 7.87. The van der Waals surface area contributed by atoms with Gasteiger partial charge in [-0.05, 0) is 23.8 Å². The van der Waals surface area contributed by atoms with Crippen LogP contribution in [0.4, 0.5) is 5.69 Å². The van der Waals surface area contributed by atoms with Gasteiger partial charge in [0, 0.05) is 32.9 Å². The summed E-state index contributed by atoms with van der Waals surface area (Å²) in [5.41, 5.74) is 2.14. The highest BCUT2D eigenvalue weighted by molar-refractivity contribution is 8.26. The van der Waals surface area contributed by atoms with Crippen LogP contribution in [-0.4, -0.2) is 67.1 Å². The predicted molar refractivity (Wildman–Crippen MR) is 103 cm³/mol. The number of nitrogens with zero attached hydrogens (tertiary/aromatic N) is 3. The Bertz CT molecular complexity index is 652. The van der Waals surface area contributed by atoms with Gasteiger partial charge in [-0.1, -0.05) is 36.1 Å². The summed E-state index contributed by atoms with van der Waals surface area (Å²) in [6.07, 6.45) is 1.91. The Labute approximate surface area is 152 Å². The summed E-state index contributed by atoms with van der Waals surface area (Å²) in [7, 11) is 4.01. The SMILES string of the molecule is CN(C)c1ccc(/C=C2/SC(=S)N(CN3CCOCC3)C2=O)cc1. The third kappa shape index (κ3) is 3.97. The normalized spacial score (nSPS) is 20.9. The van der Waals surface area contributed by atoms with Gasteiger partial charge >= 0.3 is 0 Å². The van der Waals surface area contributed by atoms with Gasteiger partial charge in [-0.25, -0.2) is 0 Å². The zero-order chi connectivity index (χ0) is 17.1. The van der Waals surface area contributed by atoms with E-state index >= 15 is 0 Å². The van der Waals surface area contributed by atoms with Crippen molar-refractivity contribution in [3.63, 3.8) is 0 Å². The maximum atomic E-state index is 12.7. The minimum Gasteiger partial charge on any atom is -0.379 e. The molecule has 0 atom stereocenters. The molecule has 0 aliphatic carbocycles. The van der Waals surface area contributed by atoms with Crippen LogP contribution >= 0.6 is 24.0 Å². The molecule has 0 saturated carbocycles. The minimum atomic E-state index is -0.00632. The van der Waals surface area contributed by atoms with Gasteiger partial charge in [0.25, 0.3) is 5.91 Å². The van der Waals surface area contributed by atoms with Crippen LogP contribution in [0, 0.1) is 0 Å². The second-order valence-corrected chi connectivity index (χ2v) is 7.64. The number of thiocarbonyl (C=S) groups is 1. The molecule has 2 heterocycles. The summed E-state index contributed by atoms with van der Waals surface area (Å²) in [5, 5.41) is 0. The average Bonchev–Trinajstić information content (AvgIpc) is 2.84. The van der Waals surface area contributed by atoms with E-state index in [0.717, 1.165) is 24.3 Å². The topological polar surface area (TPSA) is 36.0 Å². The number of rotatable bonds is 4. The van der Waals surface area contributed by atoms with Gasteiger partial charge in [-0.2, -0.15) is 0 Å². The molecule has 24 heavy (non-hydrogen) atoms. The van der Waals surface area contributed by atoms with E-state index in [0.29, 0.717) is 29.1 Å². The lowest BCUT2D eigenvalue weighted by Gasteiger charge is -2.29. The molecule has 0 spiro atoms. The van der Waals surface area contributed by atoms with Crippen molar-refractivity contribution < 1.29 is 9.53 Å². The summed E-state index contributed by atoms with van der Waals surface area (Å²) < 4.78 is 5.97. The third-order valence-electron chi connectivity index (χ3n) is 4.03. The van der Waals surface area contributed by atoms with E-state index < -0.39 is 0 Å². The van der Waals surface area contributed by atoms with Crippen molar-refractivity contribution in [3.8, 4) is 0 Å². The molecule has 0 N–H and O–H groups in total. The standard InChI is InChI=1S/C17H21N3O2S2/c1-18(2)14-5-3-13(4-6-14)11-15-16(21)20(17(23)24-15)12-19-7-9-22-10-8-19/h3-6,11H,7-10,12H2,1-2H3/b15-11+. The lowest BCUT2D eigenvalue weighted by molar-refractivity contribution is -0.124. The summed E-state index contributed by atoms with van der Waals surface area (Å²) in [5.74, 6) is -0.00632. The molecule has 5 nitrogen and oxygen atoms in total. The molecular formula is C17H21N3O2S2. The van der Waals surface area contributed by atoms with Crippen LogP contribution in [0.5, 0.6) is 0 Å². The Balaban J connectivity index is 1.70. The molecule has 2 fully saturated rings. The first-order chi connectivity index (χ1) is 11.5. The summed E-state index contributed by atoms with van der Waals surface area (Å²) in [6.45, 7) is 3.64. The summed E-state index contributed by atoms with van der Waals surface area (Å²) >= 11 is 6.77. The second kappa shape index (κ2) is 7.65. The van der Waals surface area contributed by atoms with Crippen LogP contribution in [0.15, 0.2) is 29.2 Å². The van der Waals surface area contributed by atoms with E-state index in [1.165, 1.54) is 11.8 Å². The summed E-state index contributed by atoms with van der Waals surface area (Å²) in [4.78, 5) is 19.3. The fraction of sp³-hybridized carbons (Fsp3) is 0.412. The number of hydrogen-bond acceptors (Lipinski definition) is 6. The first kappa shape index (κ1) is 17.4. The van der Waals surface area contributed by atoms with Gasteiger partial charge in [0.15, 0.2) is 0 Å². The summed E-state index contributed by atoms with van der Waals surface area (Å²) in [6, 6.07) is 8.12. The minimum absolute atomic E-state index is 0.00632. The number of carbonyl (C=O) groups is 1. The number of carbonyl (C=O) groups excluding carboxylic acids is 1. The molecule has 7 heteroatoms. The lowest BCUT2D eigenvalue weighted by Crippen LogP contribution is -2.45. The van der Waals surface area contributed by atoms with Crippen LogP contribution in [0.1, 0.15) is 5.56 Å². The molecular weight excluding hydrogens is 342 g/mol. The molecule has 0 bridgehead atoms. The van der Waals surface area contributed by atoms with E-state index in [1.807, 2.05) is 49.3 Å². The van der Waals surface area contributed by atoms with Crippen molar-refractivity contribution in [1.29, 1.82) is 0 Å². The van der Waals surface area contributed by atoms with Crippen LogP contribution in [0.25, 0.3) is 6.08 Å². The van der Waals surface area contributed by atoms with E-state index in [-0.39, 0.29) is 5.91 Å². The molecule has 3 rings (SSSR count). The van der Waals surface area contributed by atoms with Gasteiger partial charge in [-0.3, -0.25) is 14.6 Å². The van der Waals surface area contributed by atoms with Crippen LogP contribution < -0.4 is 4.90 Å². The van der Waals surface area contributed by atoms with Gasteiger partial charge < -0.3 is 9.64 Å². The molecule has 0 unspecified atom stereocenters. The monoisotopic (exact) mass is 363 g/mol. The fourth-order valence-electron chi connectivity index (χ4n) is 2.58. The van der Waals surface area contributed by atoms with Gasteiger partial charge in [0.2, 0.25) is 0 Å². The van der Waals surface area contributed by atoms with E-state index in [1.54, 1.807) is 4.90 Å². The number of benzene rings is 1. The van der Waals surface area contributed by atoms with Crippen LogP contribution in [0.2, 0.25) is 0 Å². The average molecular weight is 364 g/mol. The number of amides is 1. The highest BCUT2D eigenvalue weighted by Crippen LogP contribution is 2.32. The number of hydrogen-bond donors (Lipinski definition) is 0. The molecule has 0 radical (unpaired) electrons. The van der Waals surface area contributed by atoms with Crippen molar-refractivity contribution in [1.82, 2.24) is 9.80 Å². The van der Waals surface area contributed by atoms with Crippen LogP contribution in [-0.2, 0) is 9.53 Å². The van der Waals surface area contributed by atoms with E-state index in [2.05, 4.69) is 4.90 Å². The second-order valence-electron chi connectivity index (χ2n) is 5.97. The van der Waals surface area contributed by atoms with Crippen molar-refractivity contribution in [2.75, 3.05) is 52.0 Å². The van der Waals surface area contributed by atoms with Crippen molar-refractivity contribution in [2.24, 2.45) is 0 Å². The molecule has 1 aromatic rings. The quantitative estimate of drug-likeness (QED) is 0.603. The largest absolute Gasteiger partial charge is 0.379 e. The molecule has 2 saturated heterocycles. The molecule has 2 aliphatic heterocycles. The fourth-order valence-corrected chi connectivity index (χ4v) is 3.83. The highest BCUT2D eigenvalue weighted by Gasteiger charge is 2.33. The Morgan fingerprint density at radius 3 is 2.54 bits per heavy atom. The van der Waals surface area contributed by atoms with E-state index in [4.69, 9.17) is 17.0 Å². The Morgan fingerprint density at radius 1 is 1.25 bits per heavy atom. The maximum absolute atomic E-state index is 12.7. The smallest absolute Gasteiger partial charge is 0.267 e. The maximum Gasteiger partial charge on any atom is 0.267 e. The van der Waals surface area contributed by atoms with Gasteiger partial charge in [-0.15, -0.1) is 0 Å².